The van der Waals surface area contributed by atoms with Gasteiger partial charge in [0.2, 0.25) is 0 Å². The molecule has 0 amide bonds. The van der Waals surface area contributed by atoms with Crippen LogP contribution in [0.3, 0.4) is 0 Å². The average Bonchev–Trinajstić information content (AvgIpc) is 2.53. The molecule has 0 atom stereocenters. The van der Waals surface area contributed by atoms with E-state index in [1.165, 1.54) is 0 Å². The monoisotopic (exact) mass is 370 g/mol. The molecule has 0 fully saturated rings. The van der Waals surface area contributed by atoms with Crippen LogP contribution in [0, 0.1) is 0 Å². The lowest BCUT2D eigenvalue weighted by molar-refractivity contribution is 0.224. The maximum Gasteiger partial charge on any atom is 0.271 e. The molecular formula is C16H18O6S2. The highest BCUT2D eigenvalue weighted by atomic mass is 32.2. The average molecular weight is 370 g/mol. The van der Waals surface area contributed by atoms with E-state index >= 15 is 0 Å². The number of benzene rings is 2. The molecule has 0 radical (unpaired) electrons. The minimum absolute atomic E-state index is 0.273. The summed E-state index contributed by atoms with van der Waals surface area (Å²) in [5, 5.41) is 0. The Morgan fingerprint density at radius 1 is 0.583 bits per heavy atom. The molecule has 2 aromatic rings. The van der Waals surface area contributed by atoms with Gasteiger partial charge in [0.05, 0.1) is 13.2 Å². The zero-order chi connectivity index (χ0) is 17.5. The van der Waals surface area contributed by atoms with Crippen molar-refractivity contribution in [2.45, 2.75) is 11.5 Å². The fourth-order valence-electron chi connectivity index (χ4n) is 1.96. The molecule has 0 saturated heterocycles. The zero-order valence-corrected chi connectivity index (χ0v) is 14.5. The van der Waals surface area contributed by atoms with Crippen LogP contribution in [0.5, 0.6) is 0 Å². The van der Waals surface area contributed by atoms with Gasteiger partial charge in [0.1, 0.15) is 11.5 Å². The maximum absolute atomic E-state index is 11.8. The van der Waals surface area contributed by atoms with Crippen LogP contribution < -0.4 is 0 Å². The lowest BCUT2D eigenvalue weighted by Crippen LogP contribution is -2.16. The highest BCUT2D eigenvalue weighted by molar-refractivity contribution is 7.86. The summed E-state index contributed by atoms with van der Waals surface area (Å²) in [7, 11) is -7.57. The van der Waals surface area contributed by atoms with E-state index in [-0.39, 0.29) is 24.7 Å². The summed E-state index contributed by atoms with van der Waals surface area (Å²) in [6.07, 6.45) is 0. The molecule has 130 valence electrons. The molecule has 0 heterocycles. The third kappa shape index (κ3) is 6.79. The van der Waals surface area contributed by atoms with E-state index in [2.05, 4.69) is 0 Å². The lowest BCUT2D eigenvalue weighted by Gasteiger charge is -2.07. The van der Waals surface area contributed by atoms with Crippen molar-refractivity contribution < 1.29 is 25.2 Å². The van der Waals surface area contributed by atoms with Gasteiger partial charge in [-0.05, 0) is 11.1 Å². The molecule has 0 aliphatic carbocycles. The van der Waals surface area contributed by atoms with E-state index in [1.54, 1.807) is 60.7 Å². The molecule has 0 aliphatic rings. The van der Waals surface area contributed by atoms with Crippen LogP contribution in [0.15, 0.2) is 60.7 Å². The van der Waals surface area contributed by atoms with Crippen molar-refractivity contribution in [3.05, 3.63) is 71.8 Å². The predicted molar refractivity (Wildman–Crippen MR) is 90.0 cm³/mol. The largest absolute Gasteiger partial charge is 0.271 e. The van der Waals surface area contributed by atoms with E-state index in [4.69, 9.17) is 8.37 Å². The van der Waals surface area contributed by atoms with Crippen molar-refractivity contribution in [1.82, 2.24) is 0 Å². The third-order valence-corrected chi connectivity index (χ3v) is 5.41. The van der Waals surface area contributed by atoms with E-state index in [0.29, 0.717) is 11.1 Å². The van der Waals surface area contributed by atoms with Gasteiger partial charge in [0.25, 0.3) is 20.2 Å². The van der Waals surface area contributed by atoms with Crippen LogP contribution in [0.4, 0.5) is 0 Å². The van der Waals surface area contributed by atoms with Gasteiger partial charge in [-0.15, -0.1) is 0 Å². The molecule has 0 spiro atoms. The Hall–Kier alpha value is -1.74. The van der Waals surface area contributed by atoms with Crippen LogP contribution in [-0.4, -0.2) is 30.0 Å². The quantitative estimate of drug-likeness (QED) is 0.496. The molecule has 0 aromatic heterocycles. The molecule has 0 bridgehead atoms. The summed E-state index contributed by atoms with van der Waals surface area (Å²) in [5.74, 6) is -0.546. The Bertz CT molecular complexity index is 757. The number of hydrogen-bond acceptors (Lipinski definition) is 6. The summed E-state index contributed by atoms with van der Waals surface area (Å²) in [5.41, 5.74) is 1.19. The van der Waals surface area contributed by atoms with Crippen LogP contribution in [0.25, 0.3) is 0 Å². The molecule has 8 heteroatoms. The zero-order valence-electron chi connectivity index (χ0n) is 12.9. The maximum atomic E-state index is 11.8. The normalized spacial score (nSPS) is 12.2. The van der Waals surface area contributed by atoms with Crippen molar-refractivity contribution in [1.29, 1.82) is 0 Å². The van der Waals surface area contributed by atoms with Crippen molar-refractivity contribution in [3.63, 3.8) is 0 Å². The molecule has 2 rings (SSSR count). The first-order chi connectivity index (χ1) is 11.4. The Morgan fingerprint density at radius 3 is 1.25 bits per heavy atom. The van der Waals surface area contributed by atoms with Crippen molar-refractivity contribution >= 4 is 20.2 Å². The van der Waals surface area contributed by atoms with Gasteiger partial charge in [-0.2, -0.15) is 16.8 Å². The van der Waals surface area contributed by atoms with Gasteiger partial charge >= 0.3 is 0 Å². The molecule has 2 aromatic carbocycles. The minimum atomic E-state index is -3.79. The fraction of sp³-hybridized carbons (Fsp3) is 0.250. The molecule has 0 N–H and O–H groups in total. The second-order valence-electron chi connectivity index (χ2n) is 5.02. The van der Waals surface area contributed by atoms with E-state index < -0.39 is 20.2 Å². The van der Waals surface area contributed by atoms with E-state index in [1.807, 2.05) is 0 Å². The standard InChI is InChI=1S/C16H18O6S2/c17-23(18,13-15-7-3-1-4-8-15)21-11-12-22-24(19,20)14-16-9-5-2-6-10-16/h1-10H,11-14H2. The smallest absolute Gasteiger partial charge is 0.267 e. The summed E-state index contributed by atoms with van der Waals surface area (Å²) in [4.78, 5) is 0. The number of hydrogen-bond donors (Lipinski definition) is 0. The topological polar surface area (TPSA) is 86.7 Å². The Balaban J connectivity index is 1.77. The second-order valence-corrected chi connectivity index (χ2v) is 8.30. The first-order valence-electron chi connectivity index (χ1n) is 7.18. The molecule has 6 nitrogen and oxygen atoms in total. The highest BCUT2D eigenvalue weighted by Crippen LogP contribution is 2.09. The molecule has 0 aliphatic heterocycles. The number of rotatable bonds is 9. The van der Waals surface area contributed by atoms with Gasteiger partial charge in [-0.25, -0.2) is 0 Å². The first kappa shape index (κ1) is 18.6. The molecular weight excluding hydrogens is 352 g/mol. The lowest BCUT2D eigenvalue weighted by atomic mass is 10.2. The molecule has 0 unspecified atom stereocenters. The molecule has 24 heavy (non-hydrogen) atoms. The highest BCUT2D eigenvalue weighted by Gasteiger charge is 2.15. The van der Waals surface area contributed by atoms with Gasteiger partial charge < -0.3 is 0 Å². The fourth-order valence-corrected chi connectivity index (χ4v) is 3.97. The summed E-state index contributed by atoms with van der Waals surface area (Å²) in [6.45, 7) is -0.716. The van der Waals surface area contributed by atoms with Gasteiger partial charge in [-0.1, -0.05) is 60.7 Å². The van der Waals surface area contributed by atoms with Crippen molar-refractivity contribution in [3.8, 4) is 0 Å². The van der Waals surface area contributed by atoms with E-state index in [9.17, 15) is 16.8 Å². The Kier molecular flexibility index (Phi) is 6.50. The van der Waals surface area contributed by atoms with Crippen molar-refractivity contribution in [2.75, 3.05) is 13.2 Å². The van der Waals surface area contributed by atoms with Gasteiger partial charge in [-0.3, -0.25) is 8.37 Å². The van der Waals surface area contributed by atoms with Gasteiger partial charge in [0, 0.05) is 0 Å². The first-order valence-corrected chi connectivity index (χ1v) is 10.3. The van der Waals surface area contributed by atoms with Crippen LogP contribution in [-0.2, 0) is 40.1 Å². The second kappa shape index (κ2) is 8.39. The van der Waals surface area contributed by atoms with Gasteiger partial charge in [0.15, 0.2) is 0 Å². The predicted octanol–water partition coefficient (Wildman–Crippen LogP) is 2.08. The Labute approximate surface area is 142 Å². The van der Waals surface area contributed by atoms with E-state index in [0.717, 1.165) is 0 Å². The SMILES string of the molecule is O=S(=O)(Cc1ccccc1)OCCOS(=O)(=O)Cc1ccccc1. The Morgan fingerprint density at radius 2 is 0.917 bits per heavy atom. The van der Waals surface area contributed by atoms with Crippen molar-refractivity contribution in [2.24, 2.45) is 0 Å². The van der Waals surface area contributed by atoms with Crippen LogP contribution in [0.2, 0.25) is 0 Å². The van der Waals surface area contributed by atoms with Crippen LogP contribution in [0.1, 0.15) is 11.1 Å². The third-order valence-electron chi connectivity index (χ3n) is 2.98. The molecule has 0 saturated carbocycles. The summed E-state index contributed by atoms with van der Waals surface area (Å²) in [6, 6.07) is 17.1. The van der Waals surface area contributed by atoms with Crippen LogP contribution >= 0.6 is 0 Å². The minimum Gasteiger partial charge on any atom is -0.267 e. The summed E-state index contributed by atoms with van der Waals surface area (Å²) >= 11 is 0. The summed E-state index contributed by atoms with van der Waals surface area (Å²) < 4.78 is 56.7.